The van der Waals surface area contributed by atoms with Crippen LogP contribution in [0, 0.1) is 11.6 Å². The lowest BCUT2D eigenvalue weighted by Crippen LogP contribution is -2.07. The summed E-state index contributed by atoms with van der Waals surface area (Å²) in [6.45, 7) is 0.306. The molecule has 3 aromatic rings. The number of nitrogens with zero attached hydrogens (tertiary/aromatic N) is 1. The molecule has 0 fully saturated rings. The number of rotatable bonds is 5. The Morgan fingerprint density at radius 1 is 1.14 bits per heavy atom. The molecule has 0 atom stereocenters. The molecule has 28 heavy (non-hydrogen) atoms. The van der Waals surface area contributed by atoms with Crippen molar-refractivity contribution >= 4 is 44.6 Å². The molecule has 0 saturated heterocycles. The van der Waals surface area contributed by atoms with Gasteiger partial charge >= 0.3 is 6.18 Å². The summed E-state index contributed by atoms with van der Waals surface area (Å²) in [6.07, 6.45) is -3.31. The van der Waals surface area contributed by atoms with Crippen molar-refractivity contribution in [3.05, 3.63) is 67.5 Å². The molecule has 0 spiro atoms. The Hall–Kier alpha value is -1.91. The fourth-order valence-corrected chi connectivity index (χ4v) is 3.46. The van der Waals surface area contributed by atoms with E-state index in [4.69, 9.17) is 16.3 Å². The summed E-state index contributed by atoms with van der Waals surface area (Å²) in [5.74, 6) is -3.85. The first-order valence-corrected chi connectivity index (χ1v) is 9.50. The van der Waals surface area contributed by atoms with Gasteiger partial charge in [0.25, 0.3) is 0 Å². The van der Waals surface area contributed by atoms with Gasteiger partial charge in [-0.1, -0.05) is 27.5 Å². The van der Waals surface area contributed by atoms with Crippen molar-refractivity contribution < 1.29 is 26.7 Å². The first-order chi connectivity index (χ1) is 13.1. The third-order valence-electron chi connectivity index (χ3n) is 3.46. The van der Waals surface area contributed by atoms with Crippen LogP contribution in [-0.4, -0.2) is 4.98 Å². The molecule has 11 heteroatoms. The van der Waals surface area contributed by atoms with E-state index in [0.29, 0.717) is 21.2 Å². The highest BCUT2D eigenvalue weighted by molar-refractivity contribution is 9.10. The standard InChI is InChI=1S/C17H9BrClF5N2OS/c18-9-1-2-13(25-6-10-7-26-16(19)28-10)14(5-9)27-15-11(20)3-8(4-12(15)21)17(22,23)24/h1-5,7,25H,6H2. The molecule has 3 nitrogen and oxygen atoms in total. The summed E-state index contributed by atoms with van der Waals surface area (Å²) in [4.78, 5) is 4.70. The Kier molecular flexibility index (Phi) is 6.11. The van der Waals surface area contributed by atoms with Crippen LogP contribution < -0.4 is 10.1 Å². The fourth-order valence-electron chi connectivity index (χ4n) is 2.21. The smallest absolute Gasteiger partial charge is 0.416 e. The van der Waals surface area contributed by atoms with Crippen LogP contribution in [0.4, 0.5) is 27.6 Å². The maximum absolute atomic E-state index is 14.1. The van der Waals surface area contributed by atoms with Gasteiger partial charge in [0.15, 0.2) is 27.6 Å². The van der Waals surface area contributed by atoms with E-state index in [0.717, 1.165) is 4.88 Å². The minimum Gasteiger partial charge on any atom is -0.449 e. The van der Waals surface area contributed by atoms with Crippen molar-refractivity contribution in [3.8, 4) is 11.5 Å². The SMILES string of the molecule is Fc1cc(C(F)(F)F)cc(F)c1Oc1cc(Br)ccc1NCc1cnc(Cl)s1. The fraction of sp³-hybridized carbons (Fsp3) is 0.118. The second-order valence-corrected chi connectivity index (χ2v) is 8.06. The van der Waals surface area contributed by atoms with Crippen LogP contribution >= 0.6 is 38.9 Å². The Labute approximate surface area is 173 Å². The van der Waals surface area contributed by atoms with Crippen molar-refractivity contribution in [1.82, 2.24) is 4.98 Å². The van der Waals surface area contributed by atoms with Gasteiger partial charge in [-0.25, -0.2) is 13.8 Å². The Morgan fingerprint density at radius 3 is 2.39 bits per heavy atom. The van der Waals surface area contributed by atoms with Gasteiger partial charge < -0.3 is 10.1 Å². The number of hydrogen-bond acceptors (Lipinski definition) is 4. The van der Waals surface area contributed by atoms with Crippen molar-refractivity contribution in [2.75, 3.05) is 5.32 Å². The summed E-state index contributed by atoms with van der Waals surface area (Å²) in [6, 6.07) is 5.04. The third-order valence-corrected chi connectivity index (χ3v) is 5.07. The van der Waals surface area contributed by atoms with Gasteiger partial charge in [0, 0.05) is 15.5 Å². The molecule has 1 aromatic heterocycles. The first kappa shape index (κ1) is 20.8. The number of halogens is 7. The number of hydrogen-bond donors (Lipinski definition) is 1. The minimum absolute atomic E-state index is 0.0162. The van der Waals surface area contributed by atoms with Crippen LogP contribution in [0.25, 0.3) is 0 Å². The molecule has 0 aliphatic heterocycles. The average molecular weight is 500 g/mol. The topological polar surface area (TPSA) is 34.1 Å². The number of alkyl halides is 3. The lowest BCUT2D eigenvalue weighted by atomic mass is 10.2. The maximum atomic E-state index is 14.1. The van der Waals surface area contributed by atoms with Crippen molar-refractivity contribution in [1.29, 1.82) is 0 Å². The number of anilines is 1. The number of benzene rings is 2. The van der Waals surface area contributed by atoms with E-state index in [1.54, 1.807) is 18.3 Å². The maximum Gasteiger partial charge on any atom is 0.416 e. The molecule has 2 aromatic carbocycles. The first-order valence-electron chi connectivity index (χ1n) is 7.51. The third kappa shape index (κ3) is 4.92. The molecular weight excluding hydrogens is 491 g/mol. The zero-order chi connectivity index (χ0) is 20.5. The highest BCUT2D eigenvalue weighted by Gasteiger charge is 2.33. The minimum atomic E-state index is -4.88. The predicted octanol–water partition coefficient (Wildman–Crippen LogP) is 7.26. The summed E-state index contributed by atoms with van der Waals surface area (Å²) in [5.41, 5.74) is -1.07. The van der Waals surface area contributed by atoms with Gasteiger partial charge in [0.1, 0.15) is 0 Å². The predicted molar refractivity (Wildman–Crippen MR) is 100 cm³/mol. The van der Waals surface area contributed by atoms with Gasteiger partial charge in [-0.3, -0.25) is 0 Å². The zero-order valence-electron chi connectivity index (χ0n) is 13.6. The molecule has 0 aliphatic rings. The molecule has 0 radical (unpaired) electrons. The second-order valence-electron chi connectivity index (χ2n) is 5.44. The van der Waals surface area contributed by atoms with E-state index in [2.05, 4.69) is 26.2 Å². The highest BCUT2D eigenvalue weighted by Crippen LogP contribution is 2.38. The number of ether oxygens (including phenoxy) is 1. The van der Waals surface area contributed by atoms with Crippen molar-refractivity contribution in [2.45, 2.75) is 12.7 Å². The van der Waals surface area contributed by atoms with Gasteiger partial charge in [0.2, 0.25) is 0 Å². The Morgan fingerprint density at radius 2 is 1.82 bits per heavy atom. The van der Waals surface area contributed by atoms with E-state index >= 15 is 0 Å². The molecule has 148 valence electrons. The van der Waals surface area contributed by atoms with Crippen LogP contribution in [0.2, 0.25) is 4.47 Å². The van der Waals surface area contributed by atoms with Crippen LogP contribution in [0.5, 0.6) is 11.5 Å². The average Bonchev–Trinajstić information content (AvgIpc) is 3.01. The van der Waals surface area contributed by atoms with Gasteiger partial charge in [-0.15, -0.1) is 11.3 Å². The quantitative estimate of drug-likeness (QED) is 0.375. The van der Waals surface area contributed by atoms with Crippen molar-refractivity contribution in [2.24, 2.45) is 0 Å². The number of aromatic nitrogens is 1. The lowest BCUT2D eigenvalue weighted by Gasteiger charge is -2.15. The molecule has 1 N–H and O–H groups in total. The Bertz CT molecular complexity index is 988. The van der Waals surface area contributed by atoms with Crippen LogP contribution in [0.3, 0.4) is 0 Å². The summed E-state index contributed by atoms with van der Waals surface area (Å²) in [5, 5.41) is 3.01. The largest absolute Gasteiger partial charge is 0.449 e. The van der Waals surface area contributed by atoms with E-state index in [-0.39, 0.29) is 17.9 Å². The molecule has 0 aliphatic carbocycles. The van der Waals surface area contributed by atoms with E-state index < -0.39 is 29.1 Å². The molecule has 0 bridgehead atoms. The molecule has 1 heterocycles. The van der Waals surface area contributed by atoms with Gasteiger partial charge in [0.05, 0.1) is 17.8 Å². The molecule has 0 saturated carbocycles. The zero-order valence-corrected chi connectivity index (χ0v) is 16.7. The molecular formula is C17H9BrClF5N2OS. The number of thiazole rings is 1. The van der Waals surface area contributed by atoms with E-state index in [9.17, 15) is 22.0 Å². The summed E-state index contributed by atoms with van der Waals surface area (Å²) >= 11 is 10.2. The molecule has 0 unspecified atom stereocenters. The second kappa shape index (κ2) is 8.22. The van der Waals surface area contributed by atoms with E-state index in [1.807, 2.05) is 0 Å². The Balaban J connectivity index is 1.88. The lowest BCUT2D eigenvalue weighted by molar-refractivity contribution is -0.138. The highest BCUT2D eigenvalue weighted by atomic mass is 79.9. The van der Waals surface area contributed by atoms with Crippen LogP contribution in [0.1, 0.15) is 10.4 Å². The summed E-state index contributed by atoms with van der Waals surface area (Å²) < 4.78 is 72.4. The van der Waals surface area contributed by atoms with Crippen LogP contribution in [0.15, 0.2) is 41.0 Å². The van der Waals surface area contributed by atoms with Crippen LogP contribution in [-0.2, 0) is 12.7 Å². The van der Waals surface area contributed by atoms with E-state index in [1.165, 1.54) is 17.4 Å². The summed E-state index contributed by atoms with van der Waals surface area (Å²) in [7, 11) is 0. The monoisotopic (exact) mass is 498 g/mol. The number of nitrogens with one attached hydrogen (secondary N) is 1. The van der Waals surface area contributed by atoms with Gasteiger partial charge in [-0.2, -0.15) is 13.2 Å². The van der Waals surface area contributed by atoms with Gasteiger partial charge in [-0.05, 0) is 30.3 Å². The van der Waals surface area contributed by atoms with Crippen molar-refractivity contribution in [3.63, 3.8) is 0 Å². The normalized spacial score (nSPS) is 11.5. The molecule has 3 rings (SSSR count). The molecule has 0 amide bonds.